The highest BCUT2D eigenvalue weighted by atomic mass is 16.7. The van der Waals surface area contributed by atoms with Crippen LogP contribution in [0.5, 0.6) is 11.5 Å². The van der Waals surface area contributed by atoms with Gasteiger partial charge in [0.2, 0.25) is 18.6 Å². The molecule has 7 nitrogen and oxygen atoms in total. The highest BCUT2D eigenvalue weighted by Crippen LogP contribution is 2.40. The zero-order valence-electron chi connectivity index (χ0n) is 16.5. The molecule has 2 fully saturated rings. The van der Waals surface area contributed by atoms with E-state index in [4.69, 9.17) is 14.2 Å². The molecule has 7 heteroatoms. The largest absolute Gasteiger partial charge is 0.454 e. The van der Waals surface area contributed by atoms with Gasteiger partial charge in [-0.2, -0.15) is 0 Å². The Bertz CT molecular complexity index is 846. The number of rotatable bonds is 4. The number of allylic oxidation sites excluding steroid dienone is 2. The SMILES string of the molecule is O=C1CC(C2CCCC=C2N2CCOCC2)C(=O)N1Cc1ccc2c(c1)OCO2. The smallest absolute Gasteiger partial charge is 0.233 e. The molecule has 154 valence electrons. The van der Waals surface area contributed by atoms with Gasteiger partial charge in [-0.15, -0.1) is 0 Å². The van der Waals surface area contributed by atoms with Crippen molar-refractivity contribution in [1.82, 2.24) is 9.80 Å². The Morgan fingerprint density at radius 1 is 1.03 bits per heavy atom. The van der Waals surface area contributed by atoms with E-state index in [0.29, 0.717) is 17.9 Å². The van der Waals surface area contributed by atoms with Crippen LogP contribution < -0.4 is 9.47 Å². The Balaban J connectivity index is 1.33. The summed E-state index contributed by atoms with van der Waals surface area (Å²) < 4.78 is 16.3. The van der Waals surface area contributed by atoms with Gasteiger partial charge in [0, 0.05) is 31.1 Å². The Kier molecular flexibility index (Phi) is 4.91. The maximum atomic E-state index is 13.3. The Hall–Kier alpha value is -2.54. The molecule has 1 aliphatic carbocycles. The molecule has 2 atom stereocenters. The average Bonchev–Trinajstić information content (AvgIpc) is 3.34. The molecule has 1 aromatic rings. The monoisotopic (exact) mass is 398 g/mol. The van der Waals surface area contributed by atoms with Gasteiger partial charge in [-0.25, -0.2) is 0 Å². The van der Waals surface area contributed by atoms with Gasteiger partial charge in [0.1, 0.15) is 0 Å². The van der Waals surface area contributed by atoms with Gasteiger partial charge >= 0.3 is 0 Å². The second kappa shape index (κ2) is 7.71. The van der Waals surface area contributed by atoms with Gasteiger partial charge in [0.25, 0.3) is 0 Å². The van der Waals surface area contributed by atoms with Crippen LogP contribution in [-0.2, 0) is 20.9 Å². The number of likely N-dealkylation sites (tertiary alicyclic amines) is 1. The molecule has 3 aliphatic heterocycles. The van der Waals surface area contributed by atoms with Crippen LogP contribution in [-0.4, -0.2) is 54.7 Å². The summed E-state index contributed by atoms with van der Waals surface area (Å²) in [5, 5.41) is 0. The summed E-state index contributed by atoms with van der Waals surface area (Å²) in [6.45, 7) is 3.65. The molecular weight excluding hydrogens is 372 g/mol. The van der Waals surface area contributed by atoms with Crippen molar-refractivity contribution in [2.45, 2.75) is 32.2 Å². The van der Waals surface area contributed by atoms with Crippen LogP contribution in [0.3, 0.4) is 0 Å². The molecule has 0 radical (unpaired) electrons. The first kappa shape index (κ1) is 18.5. The third-order valence-corrected chi connectivity index (χ3v) is 6.37. The number of imide groups is 1. The topological polar surface area (TPSA) is 68.3 Å². The van der Waals surface area contributed by atoms with E-state index in [9.17, 15) is 9.59 Å². The standard InChI is InChI=1S/C22H26N2O5/c25-21-12-17(16-3-1-2-4-18(16)23-7-9-27-10-8-23)22(26)24(21)13-15-5-6-19-20(11-15)29-14-28-19/h4-6,11,16-17H,1-3,7-10,12-14H2. The lowest BCUT2D eigenvalue weighted by Crippen LogP contribution is -2.41. The van der Waals surface area contributed by atoms with E-state index in [1.54, 1.807) is 0 Å². The molecule has 2 saturated heterocycles. The van der Waals surface area contributed by atoms with Crippen molar-refractivity contribution >= 4 is 11.8 Å². The molecule has 0 saturated carbocycles. The van der Waals surface area contributed by atoms with Crippen molar-refractivity contribution in [2.24, 2.45) is 11.8 Å². The Morgan fingerprint density at radius 2 is 1.86 bits per heavy atom. The normalized spacial score (nSPS) is 26.8. The lowest BCUT2D eigenvalue weighted by atomic mass is 9.80. The van der Waals surface area contributed by atoms with Gasteiger partial charge in [-0.3, -0.25) is 14.5 Å². The van der Waals surface area contributed by atoms with E-state index in [0.717, 1.165) is 51.1 Å². The Labute approximate surface area is 170 Å². The molecular formula is C22H26N2O5. The van der Waals surface area contributed by atoms with Gasteiger partial charge < -0.3 is 19.1 Å². The van der Waals surface area contributed by atoms with Crippen LogP contribution in [0.2, 0.25) is 0 Å². The summed E-state index contributed by atoms with van der Waals surface area (Å²) in [7, 11) is 0. The fraction of sp³-hybridized carbons (Fsp3) is 0.545. The zero-order chi connectivity index (χ0) is 19.8. The molecule has 5 rings (SSSR count). The van der Waals surface area contributed by atoms with E-state index in [1.807, 2.05) is 18.2 Å². The molecule has 2 unspecified atom stereocenters. The second-order valence-electron chi connectivity index (χ2n) is 8.08. The summed E-state index contributed by atoms with van der Waals surface area (Å²) >= 11 is 0. The number of nitrogens with zero attached hydrogens (tertiary/aromatic N) is 2. The number of morpholine rings is 1. The van der Waals surface area contributed by atoms with Gasteiger partial charge in [-0.1, -0.05) is 12.1 Å². The quantitative estimate of drug-likeness (QED) is 0.725. The van der Waals surface area contributed by atoms with Crippen LogP contribution in [0.15, 0.2) is 30.0 Å². The Morgan fingerprint density at radius 3 is 2.72 bits per heavy atom. The molecule has 1 aromatic carbocycles. The predicted octanol–water partition coefficient (Wildman–Crippen LogP) is 2.31. The minimum atomic E-state index is -0.258. The summed E-state index contributed by atoms with van der Waals surface area (Å²) in [5.41, 5.74) is 2.12. The fourth-order valence-electron chi connectivity index (χ4n) is 4.89. The zero-order valence-corrected chi connectivity index (χ0v) is 16.5. The molecule has 0 N–H and O–H groups in total. The van der Waals surface area contributed by atoms with E-state index >= 15 is 0 Å². The van der Waals surface area contributed by atoms with Crippen LogP contribution in [0.1, 0.15) is 31.2 Å². The minimum Gasteiger partial charge on any atom is -0.454 e. The lowest BCUT2D eigenvalue weighted by Gasteiger charge is -2.38. The highest BCUT2D eigenvalue weighted by Gasteiger charge is 2.45. The third kappa shape index (κ3) is 3.48. The number of benzene rings is 1. The van der Waals surface area contributed by atoms with E-state index in [1.165, 1.54) is 10.6 Å². The maximum absolute atomic E-state index is 13.3. The molecule has 29 heavy (non-hydrogen) atoms. The minimum absolute atomic E-state index is 0.0428. The molecule has 0 aromatic heterocycles. The predicted molar refractivity (Wildman–Crippen MR) is 104 cm³/mol. The summed E-state index contributed by atoms with van der Waals surface area (Å²) in [4.78, 5) is 29.8. The first-order valence-electron chi connectivity index (χ1n) is 10.5. The van der Waals surface area contributed by atoms with Crippen molar-refractivity contribution in [2.75, 3.05) is 33.1 Å². The molecule has 2 amide bonds. The van der Waals surface area contributed by atoms with Crippen molar-refractivity contribution in [1.29, 1.82) is 0 Å². The third-order valence-electron chi connectivity index (χ3n) is 6.37. The number of amides is 2. The maximum Gasteiger partial charge on any atom is 0.233 e. The van der Waals surface area contributed by atoms with Crippen molar-refractivity contribution in [3.05, 3.63) is 35.5 Å². The number of fused-ring (bicyclic) bond motifs is 1. The first-order chi connectivity index (χ1) is 14.2. The number of hydrogen-bond acceptors (Lipinski definition) is 6. The lowest BCUT2D eigenvalue weighted by molar-refractivity contribution is -0.140. The molecule has 4 aliphatic rings. The van der Waals surface area contributed by atoms with Crippen LogP contribution in [0.25, 0.3) is 0 Å². The van der Waals surface area contributed by atoms with Gasteiger partial charge in [-0.05, 0) is 37.0 Å². The average molecular weight is 398 g/mol. The van der Waals surface area contributed by atoms with Crippen molar-refractivity contribution in [3.8, 4) is 11.5 Å². The highest BCUT2D eigenvalue weighted by molar-refractivity contribution is 6.03. The number of carbonyl (C=O) groups excluding carboxylic acids is 2. The van der Waals surface area contributed by atoms with Crippen LogP contribution in [0, 0.1) is 11.8 Å². The van der Waals surface area contributed by atoms with E-state index in [-0.39, 0.29) is 37.0 Å². The molecule has 3 heterocycles. The summed E-state index contributed by atoms with van der Waals surface area (Å²) in [6.07, 6.45) is 5.65. The van der Waals surface area contributed by atoms with Gasteiger partial charge in [0.05, 0.1) is 25.7 Å². The number of carbonyl (C=O) groups is 2. The number of ether oxygens (including phenoxy) is 3. The molecule has 0 bridgehead atoms. The summed E-state index contributed by atoms with van der Waals surface area (Å²) in [5.74, 6) is 1.12. The molecule has 0 spiro atoms. The van der Waals surface area contributed by atoms with Crippen molar-refractivity contribution in [3.63, 3.8) is 0 Å². The first-order valence-corrected chi connectivity index (χ1v) is 10.5. The van der Waals surface area contributed by atoms with Crippen LogP contribution in [0.4, 0.5) is 0 Å². The van der Waals surface area contributed by atoms with E-state index in [2.05, 4.69) is 11.0 Å². The second-order valence-corrected chi connectivity index (χ2v) is 8.08. The summed E-state index contributed by atoms with van der Waals surface area (Å²) in [6, 6.07) is 5.58. The fourth-order valence-corrected chi connectivity index (χ4v) is 4.89. The van der Waals surface area contributed by atoms with Gasteiger partial charge in [0.15, 0.2) is 11.5 Å². The number of hydrogen-bond donors (Lipinski definition) is 0. The van der Waals surface area contributed by atoms with E-state index < -0.39 is 0 Å². The van der Waals surface area contributed by atoms with Crippen molar-refractivity contribution < 1.29 is 23.8 Å². The van der Waals surface area contributed by atoms with Crippen LogP contribution >= 0.6 is 0 Å².